The second-order valence-electron chi connectivity index (χ2n) is 4.54. The van der Waals surface area contributed by atoms with Gasteiger partial charge in [-0.2, -0.15) is 0 Å². The van der Waals surface area contributed by atoms with E-state index >= 15 is 0 Å². The maximum Gasteiger partial charge on any atom is 0.328 e. The number of halogens is 1. The Morgan fingerprint density at radius 3 is 2.39 bits per heavy atom. The Morgan fingerprint density at radius 1 is 1.17 bits per heavy atom. The van der Waals surface area contributed by atoms with Gasteiger partial charge in [-0.05, 0) is 48.0 Å². The molecule has 23 heavy (non-hydrogen) atoms. The molecule has 0 aliphatic rings. The van der Waals surface area contributed by atoms with Crippen LogP contribution in [0.3, 0.4) is 0 Å². The fourth-order valence-electron chi connectivity index (χ4n) is 1.92. The third kappa shape index (κ3) is 3.75. The van der Waals surface area contributed by atoms with Crippen LogP contribution in [0.2, 0.25) is 0 Å². The van der Waals surface area contributed by atoms with Gasteiger partial charge in [-0.1, -0.05) is 6.07 Å². The lowest BCUT2D eigenvalue weighted by Crippen LogP contribution is -2.04. The van der Waals surface area contributed by atoms with Crippen molar-refractivity contribution in [2.24, 2.45) is 0 Å². The van der Waals surface area contributed by atoms with Crippen LogP contribution < -0.4 is 4.74 Å². The maximum absolute atomic E-state index is 13.0. The lowest BCUT2D eigenvalue weighted by molar-refractivity contribution is -0.131. The van der Waals surface area contributed by atoms with Gasteiger partial charge in [0.15, 0.2) is 0 Å². The van der Waals surface area contributed by atoms with E-state index in [9.17, 15) is 17.6 Å². The molecule has 0 atom stereocenters. The summed E-state index contributed by atoms with van der Waals surface area (Å²) in [6.45, 7) is 0. The van der Waals surface area contributed by atoms with Crippen LogP contribution in [0.4, 0.5) is 4.39 Å². The Kier molecular flexibility index (Phi) is 4.80. The third-order valence-electron chi connectivity index (χ3n) is 3.02. The largest absolute Gasteiger partial charge is 0.495 e. The lowest BCUT2D eigenvalue weighted by atomic mass is 10.2. The highest BCUT2D eigenvalue weighted by Gasteiger charge is 2.22. The Balaban J connectivity index is 2.50. The molecular weight excluding hydrogens is 323 g/mol. The quantitative estimate of drug-likeness (QED) is 0.671. The first-order chi connectivity index (χ1) is 10.8. The van der Waals surface area contributed by atoms with E-state index in [0.29, 0.717) is 5.56 Å². The van der Waals surface area contributed by atoms with Gasteiger partial charge < -0.3 is 9.84 Å². The zero-order chi connectivity index (χ0) is 17.0. The van der Waals surface area contributed by atoms with Gasteiger partial charge in [0.05, 0.1) is 12.0 Å². The molecule has 0 saturated heterocycles. The summed E-state index contributed by atoms with van der Waals surface area (Å²) < 4.78 is 43.2. The molecule has 0 bridgehead atoms. The molecule has 0 heterocycles. The van der Waals surface area contributed by atoms with Crippen molar-refractivity contribution >= 4 is 21.9 Å². The van der Waals surface area contributed by atoms with Gasteiger partial charge in [0.1, 0.15) is 16.5 Å². The number of ether oxygens (including phenoxy) is 1. The topological polar surface area (TPSA) is 80.7 Å². The molecule has 0 aromatic heterocycles. The first-order valence-corrected chi connectivity index (χ1v) is 7.92. The number of aliphatic carboxylic acids is 1. The number of benzene rings is 2. The summed E-state index contributed by atoms with van der Waals surface area (Å²) in [4.78, 5) is 10.4. The van der Waals surface area contributed by atoms with Crippen LogP contribution in [0.5, 0.6) is 5.75 Å². The average Bonchev–Trinajstić information content (AvgIpc) is 2.53. The number of hydrogen-bond donors (Lipinski definition) is 1. The monoisotopic (exact) mass is 336 g/mol. The predicted octanol–water partition coefficient (Wildman–Crippen LogP) is 2.76. The normalized spacial score (nSPS) is 11.6. The zero-order valence-corrected chi connectivity index (χ0v) is 12.9. The van der Waals surface area contributed by atoms with Crippen molar-refractivity contribution < 1.29 is 27.4 Å². The van der Waals surface area contributed by atoms with Crippen molar-refractivity contribution in [1.82, 2.24) is 0 Å². The molecule has 2 aromatic carbocycles. The number of hydrogen-bond acceptors (Lipinski definition) is 4. The molecule has 0 aliphatic carbocycles. The molecule has 5 nitrogen and oxygen atoms in total. The number of methoxy groups -OCH3 is 1. The van der Waals surface area contributed by atoms with Crippen LogP contribution in [0, 0.1) is 5.82 Å². The summed E-state index contributed by atoms with van der Waals surface area (Å²) >= 11 is 0. The van der Waals surface area contributed by atoms with Gasteiger partial charge in [-0.25, -0.2) is 17.6 Å². The van der Waals surface area contributed by atoms with Gasteiger partial charge in [-0.3, -0.25) is 0 Å². The lowest BCUT2D eigenvalue weighted by Gasteiger charge is -2.10. The predicted molar refractivity (Wildman–Crippen MR) is 81.5 cm³/mol. The summed E-state index contributed by atoms with van der Waals surface area (Å²) in [7, 11) is -2.57. The molecule has 2 aromatic rings. The van der Waals surface area contributed by atoms with Gasteiger partial charge in [0, 0.05) is 6.08 Å². The molecule has 7 heteroatoms. The van der Waals surface area contributed by atoms with Crippen LogP contribution in [-0.2, 0) is 14.6 Å². The Labute approximate surface area is 132 Å². The maximum atomic E-state index is 13.0. The van der Waals surface area contributed by atoms with Crippen LogP contribution in [-0.4, -0.2) is 26.6 Å². The van der Waals surface area contributed by atoms with Crippen molar-refractivity contribution in [1.29, 1.82) is 0 Å². The Morgan fingerprint density at radius 2 is 1.83 bits per heavy atom. The summed E-state index contributed by atoms with van der Waals surface area (Å²) in [5, 5.41) is 8.61. The molecule has 2 rings (SSSR count). The van der Waals surface area contributed by atoms with Crippen molar-refractivity contribution in [3.8, 4) is 5.75 Å². The Hall–Kier alpha value is -2.67. The van der Waals surface area contributed by atoms with Crippen LogP contribution in [0.1, 0.15) is 5.56 Å². The molecule has 0 fully saturated rings. The molecule has 0 saturated carbocycles. The second kappa shape index (κ2) is 6.62. The average molecular weight is 336 g/mol. The first-order valence-electron chi connectivity index (χ1n) is 6.44. The van der Waals surface area contributed by atoms with E-state index in [0.717, 1.165) is 18.2 Å². The molecule has 120 valence electrons. The van der Waals surface area contributed by atoms with E-state index in [-0.39, 0.29) is 15.5 Å². The molecule has 0 amide bonds. The highest BCUT2D eigenvalue weighted by molar-refractivity contribution is 7.91. The molecule has 0 spiro atoms. The third-order valence-corrected chi connectivity index (χ3v) is 4.83. The van der Waals surface area contributed by atoms with Crippen LogP contribution >= 0.6 is 0 Å². The summed E-state index contributed by atoms with van der Waals surface area (Å²) in [6, 6.07) is 8.64. The van der Waals surface area contributed by atoms with Gasteiger partial charge in [0.25, 0.3) is 0 Å². The van der Waals surface area contributed by atoms with Crippen LogP contribution in [0.25, 0.3) is 6.08 Å². The van der Waals surface area contributed by atoms with E-state index in [2.05, 4.69) is 0 Å². The number of rotatable bonds is 5. The smallest absolute Gasteiger partial charge is 0.328 e. The number of sulfone groups is 1. The van der Waals surface area contributed by atoms with Crippen molar-refractivity contribution in [2.75, 3.05) is 7.11 Å². The first kappa shape index (κ1) is 16.7. The minimum Gasteiger partial charge on any atom is -0.495 e. The minimum absolute atomic E-state index is 0.0639. The van der Waals surface area contributed by atoms with Crippen LogP contribution in [0.15, 0.2) is 58.3 Å². The Bertz CT molecular complexity index is 855. The molecular formula is C16H13FO5S. The fraction of sp³-hybridized carbons (Fsp3) is 0.0625. The van der Waals surface area contributed by atoms with E-state index in [1.807, 2.05) is 0 Å². The van der Waals surface area contributed by atoms with Crippen molar-refractivity contribution in [3.63, 3.8) is 0 Å². The zero-order valence-electron chi connectivity index (χ0n) is 12.1. The SMILES string of the molecule is COc1cc(/C=C/C(=O)O)ccc1S(=O)(=O)c1ccc(F)cc1. The second-order valence-corrected chi connectivity index (χ2v) is 6.46. The standard InChI is InChI=1S/C16H13FO5S/c1-22-14-10-11(3-9-16(18)19)2-8-15(14)23(20,21)13-6-4-12(17)5-7-13/h2-10H,1H3,(H,18,19)/b9-3+. The highest BCUT2D eigenvalue weighted by atomic mass is 32.2. The molecule has 0 aliphatic heterocycles. The van der Waals surface area contributed by atoms with Gasteiger partial charge in [-0.15, -0.1) is 0 Å². The van der Waals surface area contributed by atoms with E-state index in [1.54, 1.807) is 0 Å². The summed E-state index contributed by atoms with van der Waals surface area (Å²) in [6.07, 6.45) is 2.25. The number of carboxylic acid groups (broad SMARTS) is 1. The summed E-state index contributed by atoms with van der Waals surface area (Å²) in [5.74, 6) is -1.58. The van der Waals surface area contributed by atoms with E-state index in [1.165, 1.54) is 43.5 Å². The fourth-order valence-corrected chi connectivity index (χ4v) is 3.32. The van der Waals surface area contributed by atoms with E-state index in [4.69, 9.17) is 9.84 Å². The highest BCUT2D eigenvalue weighted by Crippen LogP contribution is 2.30. The molecule has 0 radical (unpaired) electrons. The van der Waals surface area contributed by atoms with E-state index < -0.39 is 21.6 Å². The van der Waals surface area contributed by atoms with Crippen molar-refractivity contribution in [3.05, 3.63) is 59.9 Å². The molecule has 0 unspecified atom stereocenters. The number of carbonyl (C=O) groups is 1. The van der Waals surface area contributed by atoms with Crippen molar-refractivity contribution in [2.45, 2.75) is 9.79 Å². The van der Waals surface area contributed by atoms with Gasteiger partial charge >= 0.3 is 5.97 Å². The molecule has 1 N–H and O–H groups in total. The number of carboxylic acids is 1. The van der Waals surface area contributed by atoms with Gasteiger partial charge in [0.2, 0.25) is 9.84 Å². The summed E-state index contributed by atoms with van der Waals surface area (Å²) in [5.41, 5.74) is 0.474. The minimum atomic E-state index is -3.88.